The molecule has 0 spiro atoms. The number of aliphatic hydroxyl groups is 1. The summed E-state index contributed by atoms with van der Waals surface area (Å²) in [6.45, 7) is 12.6. The first-order chi connectivity index (χ1) is 17.0. The van der Waals surface area contributed by atoms with E-state index in [1.807, 2.05) is 0 Å². The van der Waals surface area contributed by atoms with Gasteiger partial charge in [0.05, 0.1) is 5.60 Å². The Hall–Kier alpha value is -0.295. The quantitative estimate of drug-likeness (QED) is 0.250. The second-order valence-corrected chi connectivity index (χ2v) is 14.2. The Kier molecular flexibility index (Phi) is 9.23. The summed E-state index contributed by atoms with van der Waals surface area (Å²) < 4.78 is 70.6. The smallest absolute Gasteiger partial charge is 0.329 e. The minimum absolute atomic E-state index is 0.0754. The fourth-order valence-corrected chi connectivity index (χ4v) is 7.59. The van der Waals surface area contributed by atoms with Gasteiger partial charge in [-0.15, -0.1) is 0 Å². The highest BCUT2D eigenvalue weighted by molar-refractivity contribution is 6.43. The molecular formula is C30H53BF4O2. The van der Waals surface area contributed by atoms with Gasteiger partial charge >= 0.3 is 5.92 Å². The summed E-state index contributed by atoms with van der Waals surface area (Å²) in [7, 11) is -1.01. The van der Waals surface area contributed by atoms with Gasteiger partial charge in [-0.25, -0.2) is 8.78 Å². The average Bonchev–Trinajstić information content (AvgIpc) is 3.24. The van der Waals surface area contributed by atoms with Crippen molar-refractivity contribution in [2.75, 3.05) is 0 Å². The first-order valence-electron chi connectivity index (χ1n) is 15.2. The van der Waals surface area contributed by atoms with Crippen LogP contribution < -0.4 is 0 Å². The van der Waals surface area contributed by atoms with Crippen molar-refractivity contribution in [2.24, 2.45) is 16.7 Å². The van der Waals surface area contributed by atoms with E-state index in [0.29, 0.717) is 44.9 Å². The first-order valence-corrected chi connectivity index (χ1v) is 15.2. The van der Waals surface area contributed by atoms with Gasteiger partial charge in [0.25, 0.3) is 13.1 Å². The van der Waals surface area contributed by atoms with Crippen LogP contribution in [0.25, 0.3) is 0 Å². The van der Waals surface area contributed by atoms with Crippen LogP contribution in [0.5, 0.6) is 0 Å². The Morgan fingerprint density at radius 3 is 2.03 bits per heavy atom. The van der Waals surface area contributed by atoms with Crippen LogP contribution in [-0.4, -0.2) is 40.8 Å². The minimum Gasteiger partial charge on any atom is -0.383 e. The lowest BCUT2D eigenvalue weighted by Crippen LogP contribution is -2.65. The third kappa shape index (κ3) is 5.93. The molecule has 4 atom stereocenters. The van der Waals surface area contributed by atoms with E-state index < -0.39 is 35.7 Å². The largest absolute Gasteiger partial charge is 0.383 e. The molecule has 2 aliphatic heterocycles. The predicted molar refractivity (Wildman–Crippen MR) is 145 cm³/mol. The molecule has 3 aliphatic rings. The Morgan fingerprint density at radius 1 is 0.757 bits per heavy atom. The number of halogens is 4. The van der Waals surface area contributed by atoms with Crippen LogP contribution in [-0.2, 0) is 4.74 Å². The predicted octanol–water partition coefficient (Wildman–Crippen LogP) is 8.82. The maximum absolute atomic E-state index is 16.0. The van der Waals surface area contributed by atoms with Crippen LogP contribution >= 0.6 is 0 Å². The number of rotatable bonds is 8. The monoisotopic (exact) mass is 532 g/mol. The molecule has 0 amide bonds. The SMILES string of the molecule is CCC(C)(C)C1CCCCCC(O)(C(F)(F)C(F)(F)BC23CCCCCC(C(C)(C)CC)(CC2)O3)CC1. The van der Waals surface area contributed by atoms with Crippen molar-refractivity contribution >= 4 is 7.28 Å². The third-order valence-corrected chi connectivity index (χ3v) is 11.4. The minimum atomic E-state index is -4.52. The van der Waals surface area contributed by atoms with E-state index in [-0.39, 0.29) is 29.6 Å². The highest BCUT2D eigenvalue weighted by Gasteiger charge is 2.71. The maximum Gasteiger partial charge on any atom is 0.329 e. The van der Waals surface area contributed by atoms with Crippen molar-refractivity contribution in [2.45, 2.75) is 173 Å². The molecular weight excluding hydrogens is 479 g/mol. The lowest BCUT2D eigenvalue weighted by atomic mass is 9.50. The number of alkyl halides is 4. The lowest BCUT2D eigenvalue weighted by molar-refractivity contribution is -0.270. The molecule has 0 aromatic heterocycles. The molecule has 2 heterocycles. The van der Waals surface area contributed by atoms with Crippen molar-refractivity contribution in [3.63, 3.8) is 0 Å². The molecule has 3 rings (SSSR count). The van der Waals surface area contributed by atoms with Crippen LogP contribution in [0.2, 0.25) is 0 Å². The second-order valence-electron chi connectivity index (χ2n) is 14.2. The summed E-state index contributed by atoms with van der Waals surface area (Å²) in [6.07, 6.45) is 9.09. The molecule has 216 valence electrons. The Balaban J connectivity index is 1.88. The zero-order chi connectivity index (χ0) is 27.8. The number of fused-ring (bicyclic) bond motifs is 2. The summed E-state index contributed by atoms with van der Waals surface area (Å²) in [5.41, 5.74) is -4.82. The molecule has 0 radical (unpaired) electrons. The van der Waals surface area contributed by atoms with Gasteiger partial charge in [-0.3, -0.25) is 0 Å². The van der Waals surface area contributed by atoms with E-state index in [4.69, 9.17) is 4.74 Å². The highest BCUT2D eigenvalue weighted by atomic mass is 19.3. The second kappa shape index (κ2) is 10.9. The normalized spacial score (nSPS) is 35.2. The summed E-state index contributed by atoms with van der Waals surface area (Å²) >= 11 is 0. The summed E-state index contributed by atoms with van der Waals surface area (Å²) in [4.78, 5) is 0. The maximum atomic E-state index is 16.0. The van der Waals surface area contributed by atoms with Crippen LogP contribution in [0.3, 0.4) is 0 Å². The van der Waals surface area contributed by atoms with E-state index in [2.05, 4.69) is 41.5 Å². The molecule has 2 bridgehead atoms. The van der Waals surface area contributed by atoms with E-state index in [1.54, 1.807) is 0 Å². The fourth-order valence-electron chi connectivity index (χ4n) is 7.59. The van der Waals surface area contributed by atoms with Gasteiger partial charge in [0.2, 0.25) is 0 Å². The molecule has 3 fully saturated rings. The molecule has 0 aromatic carbocycles. The first kappa shape index (κ1) is 31.2. The van der Waals surface area contributed by atoms with Gasteiger partial charge in [-0.05, 0) is 74.5 Å². The molecule has 2 nitrogen and oxygen atoms in total. The Morgan fingerprint density at radius 2 is 1.38 bits per heavy atom. The summed E-state index contributed by atoms with van der Waals surface area (Å²) in [6, 6.07) is 0. The molecule has 1 aliphatic carbocycles. The molecule has 1 N–H and O–H groups in total. The zero-order valence-electron chi connectivity index (χ0n) is 24.5. The summed E-state index contributed by atoms with van der Waals surface area (Å²) in [5.74, 6) is -8.74. The van der Waals surface area contributed by atoms with E-state index in [0.717, 1.165) is 44.9 Å². The van der Waals surface area contributed by atoms with Crippen LogP contribution in [0.4, 0.5) is 17.6 Å². The van der Waals surface area contributed by atoms with Crippen molar-refractivity contribution in [1.29, 1.82) is 0 Å². The van der Waals surface area contributed by atoms with E-state index >= 15 is 17.6 Å². The average molecular weight is 533 g/mol. The van der Waals surface area contributed by atoms with Crippen molar-refractivity contribution in [3.8, 4) is 0 Å². The molecule has 1 saturated carbocycles. The lowest BCUT2D eigenvalue weighted by Gasteiger charge is -2.48. The van der Waals surface area contributed by atoms with E-state index in [1.165, 1.54) is 0 Å². The van der Waals surface area contributed by atoms with Gasteiger partial charge in [0.15, 0.2) is 0 Å². The van der Waals surface area contributed by atoms with Crippen LogP contribution in [0, 0.1) is 16.7 Å². The van der Waals surface area contributed by atoms with Crippen molar-refractivity contribution in [1.82, 2.24) is 0 Å². The standard InChI is InChI=1S/C30H53BF4O2/c1-7-24(3,4)23-15-11-9-12-17-26(36,20-16-23)29(32,33)30(34,35)31-28-19-14-10-13-18-27(37-28,21-22-28)25(5,6)8-2/h23,31,36H,7-22H2,1-6H3. The topological polar surface area (TPSA) is 29.5 Å². The van der Waals surface area contributed by atoms with Gasteiger partial charge in [-0.2, -0.15) is 8.78 Å². The summed E-state index contributed by atoms with van der Waals surface area (Å²) in [5, 5.41) is 11.4. The van der Waals surface area contributed by atoms with Gasteiger partial charge < -0.3 is 9.84 Å². The molecule has 7 heteroatoms. The van der Waals surface area contributed by atoms with Gasteiger partial charge in [0, 0.05) is 5.50 Å². The van der Waals surface area contributed by atoms with Crippen LogP contribution in [0.15, 0.2) is 0 Å². The van der Waals surface area contributed by atoms with Crippen molar-refractivity contribution in [3.05, 3.63) is 0 Å². The zero-order valence-corrected chi connectivity index (χ0v) is 24.5. The fraction of sp³-hybridized carbons (Fsp3) is 1.00. The molecule has 2 saturated heterocycles. The number of ether oxygens (including phenoxy) is 1. The van der Waals surface area contributed by atoms with E-state index in [9.17, 15) is 5.11 Å². The molecule has 37 heavy (non-hydrogen) atoms. The molecule has 0 aromatic rings. The van der Waals surface area contributed by atoms with Crippen molar-refractivity contribution < 1.29 is 27.4 Å². The van der Waals surface area contributed by atoms with Gasteiger partial charge in [-0.1, -0.05) is 86.5 Å². The van der Waals surface area contributed by atoms with Crippen LogP contribution in [0.1, 0.15) is 144 Å². The number of hydrogen-bond donors (Lipinski definition) is 1. The Bertz CT molecular complexity index is 773. The number of hydrogen-bond acceptors (Lipinski definition) is 2. The highest BCUT2D eigenvalue weighted by Crippen LogP contribution is 2.57. The Labute approximate surface area is 224 Å². The third-order valence-electron chi connectivity index (χ3n) is 11.4. The molecule has 4 unspecified atom stereocenters. The van der Waals surface area contributed by atoms with Gasteiger partial charge in [0.1, 0.15) is 5.60 Å².